The van der Waals surface area contributed by atoms with Crippen molar-refractivity contribution in [3.63, 3.8) is 0 Å². The van der Waals surface area contributed by atoms with Gasteiger partial charge in [-0.05, 0) is 0 Å². The Bertz CT molecular complexity index is 75.5. The fourth-order valence-corrected chi connectivity index (χ4v) is 1.17. The SMILES string of the molecule is COC(C[O][La])(OC)OC. The summed E-state index contributed by atoms with van der Waals surface area (Å²) < 4.78 is 19.8. The van der Waals surface area contributed by atoms with Crippen molar-refractivity contribution in [2.24, 2.45) is 0 Å². The molecule has 0 fully saturated rings. The molecule has 4 nitrogen and oxygen atoms in total. The Morgan fingerprint density at radius 1 is 1.10 bits per heavy atom. The van der Waals surface area contributed by atoms with E-state index in [0.29, 0.717) is 40.9 Å². The Balaban J connectivity index is 3.87. The van der Waals surface area contributed by atoms with E-state index in [1.807, 2.05) is 0 Å². The van der Waals surface area contributed by atoms with E-state index in [2.05, 4.69) is 0 Å². The Morgan fingerprint density at radius 3 is 1.60 bits per heavy atom. The summed E-state index contributed by atoms with van der Waals surface area (Å²) in [5.74, 6) is -1.01. The van der Waals surface area contributed by atoms with E-state index >= 15 is 0 Å². The van der Waals surface area contributed by atoms with Crippen LogP contribution in [-0.4, -0.2) is 33.9 Å². The first-order valence-electron chi connectivity index (χ1n) is 2.72. The molecule has 0 saturated heterocycles. The normalized spacial score (nSPS) is 11.8. The van der Waals surface area contributed by atoms with E-state index in [-0.39, 0.29) is 0 Å². The first-order valence-corrected chi connectivity index (χ1v) is 4.20. The molecule has 0 atom stereocenters. The molecule has 0 amide bonds. The molecule has 0 radical (unpaired) electrons. The van der Waals surface area contributed by atoms with E-state index in [1.165, 1.54) is 21.3 Å². The number of ether oxygens (including phenoxy) is 3. The topological polar surface area (TPSA) is 36.9 Å². The standard InChI is InChI=1S/C5H11O4.La/c1-7-5(4-6,8-2)9-3;/h4H2,1-3H3;/q-1;+1. The number of methoxy groups -OCH3 is 3. The fourth-order valence-electron chi connectivity index (χ4n) is 0.529. The van der Waals surface area contributed by atoms with Crippen molar-refractivity contribution in [1.29, 1.82) is 0 Å². The molecular formula is C5H11LaO4. The maximum atomic E-state index is 4.97. The molecule has 0 rings (SSSR count). The molecule has 0 aliphatic heterocycles. The van der Waals surface area contributed by atoms with Gasteiger partial charge in [-0.3, -0.25) is 0 Å². The van der Waals surface area contributed by atoms with E-state index in [9.17, 15) is 0 Å². The molecule has 0 heterocycles. The van der Waals surface area contributed by atoms with Gasteiger partial charge in [0.25, 0.3) is 0 Å². The molecule has 0 aliphatic carbocycles. The minimum absolute atomic E-state index is 0.321. The monoisotopic (exact) mass is 274 g/mol. The summed E-state index contributed by atoms with van der Waals surface area (Å²) in [6.45, 7) is 0.321. The Labute approximate surface area is 83.7 Å². The van der Waals surface area contributed by atoms with Crippen LogP contribution in [-0.2, 0) is 15.9 Å². The van der Waals surface area contributed by atoms with Gasteiger partial charge in [0, 0.05) is 0 Å². The van der Waals surface area contributed by atoms with Crippen molar-refractivity contribution < 1.29 is 50.2 Å². The molecule has 10 heavy (non-hydrogen) atoms. The molecular weight excluding hydrogens is 263 g/mol. The minimum atomic E-state index is -1.01. The van der Waals surface area contributed by atoms with Crippen molar-refractivity contribution in [3.05, 3.63) is 0 Å². The van der Waals surface area contributed by atoms with Gasteiger partial charge in [-0.15, -0.1) is 0 Å². The van der Waals surface area contributed by atoms with Crippen molar-refractivity contribution in [2.45, 2.75) is 5.97 Å². The Hall–Kier alpha value is 1.03. The third-order valence-electron chi connectivity index (χ3n) is 1.19. The van der Waals surface area contributed by atoms with Crippen LogP contribution in [0, 0.1) is 34.3 Å². The summed E-state index contributed by atoms with van der Waals surface area (Å²) in [5, 5.41) is 0. The first kappa shape index (κ1) is 11.0. The van der Waals surface area contributed by atoms with Crippen LogP contribution in [0.4, 0.5) is 0 Å². The molecule has 58 valence electrons. The Morgan fingerprint density at radius 2 is 1.50 bits per heavy atom. The van der Waals surface area contributed by atoms with E-state index in [4.69, 9.17) is 15.9 Å². The fraction of sp³-hybridized carbons (Fsp3) is 1.00. The number of hydrogen-bond acceptors (Lipinski definition) is 4. The zero-order chi connectivity index (χ0) is 8.04. The summed E-state index contributed by atoms with van der Waals surface area (Å²) in [6, 6.07) is 0. The third-order valence-corrected chi connectivity index (χ3v) is 1.72. The number of hydrogen-bond donors (Lipinski definition) is 0. The molecule has 0 bridgehead atoms. The predicted molar refractivity (Wildman–Crippen MR) is 29.7 cm³/mol. The molecule has 0 unspecified atom stereocenters. The van der Waals surface area contributed by atoms with Gasteiger partial charge < -0.3 is 0 Å². The van der Waals surface area contributed by atoms with Crippen molar-refractivity contribution in [1.82, 2.24) is 0 Å². The summed E-state index contributed by atoms with van der Waals surface area (Å²) in [6.07, 6.45) is 0. The van der Waals surface area contributed by atoms with Crippen LogP contribution in [0.3, 0.4) is 0 Å². The molecule has 0 aromatic heterocycles. The van der Waals surface area contributed by atoms with Crippen LogP contribution in [0.2, 0.25) is 0 Å². The van der Waals surface area contributed by atoms with Crippen LogP contribution < -0.4 is 0 Å². The van der Waals surface area contributed by atoms with Crippen LogP contribution in [0.1, 0.15) is 0 Å². The quantitative estimate of drug-likeness (QED) is 0.664. The second-order valence-corrected chi connectivity index (χ2v) is 2.65. The van der Waals surface area contributed by atoms with Crippen molar-refractivity contribution >= 4 is 0 Å². The molecule has 0 aromatic carbocycles. The number of rotatable bonds is 5. The molecule has 0 saturated carbocycles. The zero-order valence-corrected chi connectivity index (χ0v) is 10.0. The molecule has 0 spiro atoms. The Kier molecular flexibility index (Phi) is 6.24. The van der Waals surface area contributed by atoms with Crippen LogP contribution in [0.15, 0.2) is 0 Å². The van der Waals surface area contributed by atoms with Gasteiger partial charge in [0.15, 0.2) is 0 Å². The van der Waals surface area contributed by atoms with E-state index in [1.54, 1.807) is 0 Å². The summed E-state index contributed by atoms with van der Waals surface area (Å²) in [7, 11) is 4.53. The molecule has 5 heteroatoms. The average Bonchev–Trinajstić information content (AvgIpc) is 2.01. The van der Waals surface area contributed by atoms with Crippen LogP contribution in [0.5, 0.6) is 0 Å². The zero-order valence-electron chi connectivity index (χ0n) is 6.42. The molecule has 0 N–H and O–H groups in total. The predicted octanol–water partition coefficient (Wildman–Crippen LogP) is 0.0603. The van der Waals surface area contributed by atoms with Crippen molar-refractivity contribution in [2.75, 3.05) is 27.9 Å². The van der Waals surface area contributed by atoms with Gasteiger partial charge in [-0.25, -0.2) is 0 Å². The van der Waals surface area contributed by atoms with Gasteiger partial charge in [-0.1, -0.05) is 0 Å². The summed E-state index contributed by atoms with van der Waals surface area (Å²) in [5.41, 5.74) is 0. The average molecular weight is 274 g/mol. The maximum absolute atomic E-state index is 4.97. The first-order chi connectivity index (χ1) is 4.74. The van der Waals surface area contributed by atoms with E-state index in [0.717, 1.165) is 0 Å². The van der Waals surface area contributed by atoms with Crippen molar-refractivity contribution in [3.8, 4) is 0 Å². The molecule has 0 aromatic rings. The van der Waals surface area contributed by atoms with Crippen LogP contribution >= 0.6 is 0 Å². The van der Waals surface area contributed by atoms with E-state index < -0.39 is 5.97 Å². The van der Waals surface area contributed by atoms with Crippen LogP contribution in [0.25, 0.3) is 0 Å². The summed E-state index contributed by atoms with van der Waals surface area (Å²) >= 11 is 0.463. The van der Waals surface area contributed by atoms with Gasteiger partial charge in [0.2, 0.25) is 0 Å². The second kappa shape index (κ2) is 5.66. The van der Waals surface area contributed by atoms with Gasteiger partial charge in [0.1, 0.15) is 0 Å². The van der Waals surface area contributed by atoms with Gasteiger partial charge in [0.05, 0.1) is 0 Å². The third kappa shape index (κ3) is 2.96. The summed E-state index contributed by atoms with van der Waals surface area (Å²) in [4.78, 5) is 0. The van der Waals surface area contributed by atoms with Gasteiger partial charge >= 0.3 is 84.1 Å². The second-order valence-electron chi connectivity index (χ2n) is 1.61. The molecule has 0 aliphatic rings. The van der Waals surface area contributed by atoms with Gasteiger partial charge in [-0.2, -0.15) is 0 Å².